The van der Waals surface area contributed by atoms with Crippen molar-refractivity contribution in [2.24, 2.45) is 17.0 Å². The number of rotatable bonds is 2. The Hall–Kier alpha value is -0.300. The molecule has 0 aromatic heterocycles. The van der Waals surface area contributed by atoms with E-state index < -0.39 is 33.8 Å². The first-order valence-corrected chi connectivity index (χ1v) is 6.49. The van der Waals surface area contributed by atoms with E-state index in [-0.39, 0.29) is 6.42 Å². The van der Waals surface area contributed by atoms with Crippen molar-refractivity contribution < 1.29 is 21.6 Å². The molecule has 3 nitrogen and oxygen atoms in total. The summed E-state index contributed by atoms with van der Waals surface area (Å²) in [6.45, 7) is 0. The molecular weight excluding hydrogens is 231 g/mol. The van der Waals surface area contributed by atoms with Gasteiger partial charge < -0.3 is 0 Å². The minimum absolute atomic E-state index is 0.0175. The normalized spacial score (nSPS) is 29.1. The standard InChI is InChI=1S/C8H14F3NO2S/c9-8(10,11)7-4-2-1-3-6(7)5-15(12,13)14/h6-7H,1-5H2,(H2,12,13,14)/t6-,7+/m0/s1. The van der Waals surface area contributed by atoms with Crippen molar-refractivity contribution >= 4 is 10.0 Å². The zero-order valence-electron chi connectivity index (χ0n) is 8.13. The highest BCUT2D eigenvalue weighted by atomic mass is 32.2. The third-order valence-electron chi connectivity index (χ3n) is 2.78. The summed E-state index contributed by atoms with van der Waals surface area (Å²) >= 11 is 0. The third-order valence-corrected chi connectivity index (χ3v) is 3.67. The summed E-state index contributed by atoms with van der Waals surface area (Å²) < 4.78 is 59.2. The first kappa shape index (κ1) is 12.8. The molecule has 0 aromatic carbocycles. The van der Waals surface area contributed by atoms with Crippen molar-refractivity contribution in [2.45, 2.75) is 31.9 Å². The molecule has 1 rings (SSSR count). The van der Waals surface area contributed by atoms with Gasteiger partial charge in [0.05, 0.1) is 11.7 Å². The molecule has 90 valence electrons. The zero-order chi connectivity index (χ0) is 11.7. The number of halogens is 3. The average molecular weight is 245 g/mol. The van der Waals surface area contributed by atoms with Crippen molar-refractivity contribution in [3.05, 3.63) is 0 Å². The Morgan fingerprint density at radius 3 is 2.20 bits per heavy atom. The van der Waals surface area contributed by atoms with Gasteiger partial charge in [-0.2, -0.15) is 13.2 Å². The average Bonchev–Trinajstić information content (AvgIpc) is 1.99. The van der Waals surface area contributed by atoms with Gasteiger partial charge in [-0.15, -0.1) is 0 Å². The van der Waals surface area contributed by atoms with E-state index in [1.54, 1.807) is 0 Å². The van der Waals surface area contributed by atoms with Crippen molar-refractivity contribution in [1.82, 2.24) is 0 Å². The van der Waals surface area contributed by atoms with Crippen LogP contribution in [0.15, 0.2) is 0 Å². The van der Waals surface area contributed by atoms with Crippen LogP contribution < -0.4 is 5.14 Å². The first-order valence-electron chi connectivity index (χ1n) is 4.77. The molecule has 0 aromatic rings. The van der Waals surface area contributed by atoms with Crippen LogP contribution in [0.2, 0.25) is 0 Å². The van der Waals surface area contributed by atoms with E-state index in [1.165, 1.54) is 0 Å². The van der Waals surface area contributed by atoms with Crippen molar-refractivity contribution in [3.8, 4) is 0 Å². The van der Waals surface area contributed by atoms with E-state index in [4.69, 9.17) is 5.14 Å². The Kier molecular flexibility index (Phi) is 3.65. The second kappa shape index (κ2) is 4.29. The lowest BCUT2D eigenvalue weighted by Gasteiger charge is -2.32. The Balaban J connectivity index is 2.75. The van der Waals surface area contributed by atoms with Gasteiger partial charge in [0.25, 0.3) is 0 Å². The van der Waals surface area contributed by atoms with Gasteiger partial charge in [0.2, 0.25) is 10.0 Å². The van der Waals surface area contributed by atoms with Gasteiger partial charge in [0.15, 0.2) is 0 Å². The summed E-state index contributed by atoms with van der Waals surface area (Å²) in [5.74, 6) is -2.93. The number of sulfonamides is 1. The summed E-state index contributed by atoms with van der Waals surface area (Å²) in [7, 11) is -3.82. The fraction of sp³-hybridized carbons (Fsp3) is 1.00. The van der Waals surface area contributed by atoms with Crippen LogP contribution in [-0.2, 0) is 10.0 Å². The number of hydrogen-bond acceptors (Lipinski definition) is 2. The molecule has 1 fully saturated rings. The lowest BCUT2D eigenvalue weighted by Crippen LogP contribution is -2.38. The molecule has 0 amide bonds. The van der Waals surface area contributed by atoms with Crippen LogP contribution in [0.25, 0.3) is 0 Å². The maximum Gasteiger partial charge on any atom is 0.392 e. The Morgan fingerprint density at radius 2 is 1.73 bits per heavy atom. The van der Waals surface area contributed by atoms with Crippen LogP contribution >= 0.6 is 0 Å². The fourth-order valence-corrected chi connectivity index (χ4v) is 3.13. The van der Waals surface area contributed by atoms with Crippen molar-refractivity contribution in [3.63, 3.8) is 0 Å². The molecule has 1 aliphatic carbocycles. The number of nitrogens with two attached hydrogens (primary N) is 1. The zero-order valence-corrected chi connectivity index (χ0v) is 8.94. The monoisotopic (exact) mass is 245 g/mol. The van der Waals surface area contributed by atoms with Crippen LogP contribution in [-0.4, -0.2) is 20.3 Å². The van der Waals surface area contributed by atoms with Crippen LogP contribution in [0, 0.1) is 11.8 Å². The summed E-state index contributed by atoms with van der Waals surface area (Å²) in [5.41, 5.74) is 0. The van der Waals surface area contributed by atoms with Gasteiger partial charge in [-0.25, -0.2) is 13.6 Å². The fourth-order valence-electron chi connectivity index (χ4n) is 2.14. The topological polar surface area (TPSA) is 60.2 Å². The molecule has 0 unspecified atom stereocenters. The molecular formula is C8H14F3NO2S. The highest BCUT2D eigenvalue weighted by molar-refractivity contribution is 7.89. The summed E-state index contributed by atoms with van der Waals surface area (Å²) in [5, 5.41) is 4.78. The molecule has 0 spiro atoms. The molecule has 7 heteroatoms. The Bertz CT molecular complexity index is 312. The first-order chi connectivity index (χ1) is 6.70. The molecule has 1 aliphatic rings. The third kappa shape index (κ3) is 3.98. The number of primary sulfonamides is 1. The maximum atomic E-state index is 12.5. The second-order valence-electron chi connectivity index (χ2n) is 4.02. The van der Waals surface area contributed by atoms with Crippen LogP contribution in [0.4, 0.5) is 13.2 Å². The smallest absolute Gasteiger partial charge is 0.229 e. The summed E-state index contributed by atoms with van der Waals surface area (Å²) in [6, 6.07) is 0. The van der Waals surface area contributed by atoms with E-state index >= 15 is 0 Å². The highest BCUT2D eigenvalue weighted by Crippen LogP contribution is 2.41. The van der Waals surface area contributed by atoms with Gasteiger partial charge in [-0.05, 0) is 18.8 Å². The molecule has 0 bridgehead atoms. The van der Waals surface area contributed by atoms with Gasteiger partial charge in [-0.1, -0.05) is 12.8 Å². The van der Waals surface area contributed by atoms with Crippen molar-refractivity contribution in [2.75, 3.05) is 5.75 Å². The van der Waals surface area contributed by atoms with Crippen LogP contribution in [0.5, 0.6) is 0 Å². The molecule has 15 heavy (non-hydrogen) atoms. The molecule has 0 heterocycles. The lowest BCUT2D eigenvalue weighted by atomic mass is 9.80. The minimum Gasteiger partial charge on any atom is -0.229 e. The summed E-state index contributed by atoms with van der Waals surface area (Å²) in [4.78, 5) is 0. The van der Waals surface area contributed by atoms with Crippen LogP contribution in [0.3, 0.4) is 0 Å². The number of alkyl halides is 3. The second-order valence-corrected chi connectivity index (χ2v) is 5.68. The van der Waals surface area contributed by atoms with E-state index in [1.807, 2.05) is 0 Å². The molecule has 2 N–H and O–H groups in total. The molecule has 1 saturated carbocycles. The van der Waals surface area contributed by atoms with Gasteiger partial charge >= 0.3 is 6.18 Å². The SMILES string of the molecule is NS(=O)(=O)C[C@@H]1CCCC[C@H]1C(F)(F)F. The summed E-state index contributed by atoms with van der Waals surface area (Å²) in [6.07, 6.45) is -2.85. The largest absolute Gasteiger partial charge is 0.392 e. The molecule has 2 atom stereocenters. The minimum atomic E-state index is -4.31. The molecule has 0 radical (unpaired) electrons. The van der Waals surface area contributed by atoms with E-state index in [2.05, 4.69) is 0 Å². The Labute approximate surface area is 86.9 Å². The maximum absolute atomic E-state index is 12.5. The molecule has 0 aliphatic heterocycles. The van der Waals surface area contributed by atoms with Gasteiger partial charge in [0, 0.05) is 0 Å². The predicted molar refractivity (Wildman–Crippen MR) is 49.5 cm³/mol. The predicted octanol–water partition coefficient (Wildman–Crippen LogP) is 1.64. The van der Waals surface area contributed by atoms with E-state index in [0.29, 0.717) is 19.3 Å². The quantitative estimate of drug-likeness (QED) is 0.804. The van der Waals surface area contributed by atoms with Crippen molar-refractivity contribution in [1.29, 1.82) is 0 Å². The van der Waals surface area contributed by atoms with E-state index in [0.717, 1.165) is 0 Å². The van der Waals surface area contributed by atoms with Crippen LogP contribution in [0.1, 0.15) is 25.7 Å². The lowest BCUT2D eigenvalue weighted by molar-refractivity contribution is -0.193. The molecule has 0 saturated heterocycles. The van der Waals surface area contributed by atoms with E-state index in [9.17, 15) is 21.6 Å². The number of hydrogen-bond donors (Lipinski definition) is 1. The highest BCUT2D eigenvalue weighted by Gasteiger charge is 2.46. The Morgan fingerprint density at radius 1 is 1.20 bits per heavy atom. The van der Waals surface area contributed by atoms with Gasteiger partial charge in [0.1, 0.15) is 0 Å². The van der Waals surface area contributed by atoms with Gasteiger partial charge in [-0.3, -0.25) is 0 Å².